The molecule has 0 amide bonds. The second kappa shape index (κ2) is 21.9. The summed E-state index contributed by atoms with van der Waals surface area (Å²) in [6.07, 6.45) is 0. The SMILES string of the molecule is C.C.COC(=O)c1cc2c(C)c(CO)c(OC)[c-]c2n1C.[CH2-]PC.[CH2-]Pc1c(C)c(C)[c-]c(C)c1C.[U+2].[U+2]. The summed E-state index contributed by atoms with van der Waals surface area (Å²) in [5.74, 6) is 0.0844. The number of aliphatic hydroxyl groups is 1. The van der Waals surface area contributed by atoms with Crippen molar-refractivity contribution in [1.82, 2.24) is 4.57 Å². The molecule has 0 aliphatic rings. The quantitative estimate of drug-likeness (QED) is 0.179. The Morgan fingerprint density at radius 1 is 1.00 bits per heavy atom. The van der Waals surface area contributed by atoms with Gasteiger partial charge in [-0.15, -0.1) is 17.0 Å². The predicted octanol–water partition coefficient (Wildman–Crippen LogP) is 6.75. The molecule has 2 unspecified atom stereocenters. The standard InChI is InChI=1S/C14H16NO4.C11H15P.C2H6P.2CH4.2U/c1-8-9-5-12(14(17)19-4)15(2)11(9)6-13(18-3)10(8)7-16;1-7-6-8(2)10(4)11(12-5)9(7)3;1-3-2;;;;/h5,16H,7H2,1-4H3;12H,5H2,1-4H3;3H,1H2,2H3;2*1H4;;/q-1;-2;-1;;;2*+2. The van der Waals surface area contributed by atoms with Gasteiger partial charge in [-0.25, -0.2) is 4.79 Å². The minimum atomic E-state index is -0.406. The number of rotatable bonds is 4. The molecule has 3 rings (SSSR count). The molecular formula is C29H45NO4P2U2. The number of aromatic nitrogens is 1. The van der Waals surface area contributed by atoms with Crippen molar-refractivity contribution in [2.75, 3.05) is 20.9 Å². The van der Waals surface area contributed by atoms with E-state index in [1.54, 1.807) is 17.7 Å². The van der Waals surface area contributed by atoms with E-state index in [-0.39, 0.29) is 83.7 Å². The molecule has 0 aliphatic carbocycles. The number of carbonyl (C=O) groups is 1. The van der Waals surface area contributed by atoms with Crippen molar-refractivity contribution in [2.45, 2.75) is 56.1 Å². The number of ether oxygens (including phenoxy) is 2. The van der Waals surface area contributed by atoms with Crippen molar-refractivity contribution < 1.29 is 81.6 Å². The number of aryl methyl sites for hydroxylation is 4. The number of benzene rings is 2. The smallest absolute Gasteiger partial charge is 0.522 e. The summed E-state index contributed by atoms with van der Waals surface area (Å²) >= 11 is 0. The van der Waals surface area contributed by atoms with Gasteiger partial charge in [0.1, 0.15) is 5.69 Å². The minimum absolute atomic E-state index is 0. The van der Waals surface area contributed by atoms with E-state index in [9.17, 15) is 9.90 Å². The van der Waals surface area contributed by atoms with E-state index in [4.69, 9.17) is 9.47 Å². The molecule has 0 radical (unpaired) electrons. The third-order valence-corrected chi connectivity index (χ3v) is 6.88. The Bertz CT molecular complexity index is 1120. The number of aliphatic hydroxyl groups excluding tert-OH is 1. The molecule has 0 bridgehead atoms. The molecule has 0 fully saturated rings. The molecule has 2 atom stereocenters. The van der Waals surface area contributed by atoms with Gasteiger partial charge in [0, 0.05) is 19.4 Å². The average Bonchev–Trinajstić information content (AvgIpc) is 3.15. The molecule has 1 heterocycles. The second-order valence-corrected chi connectivity index (χ2v) is 9.35. The van der Waals surface area contributed by atoms with Gasteiger partial charge in [-0.05, 0) is 0 Å². The van der Waals surface area contributed by atoms with Crippen LogP contribution in [0.15, 0.2) is 6.07 Å². The Morgan fingerprint density at radius 2 is 1.47 bits per heavy atom. The molecule has 5 nitrogen and oxygen atoms in total. The molecule has 0 spiro atoms. The predicted molar refractivity (Wildman–Crippen MR) is 161 cm³/mol. The molecular weight excluding hydrogens is 964 g/mol. The van der Waals surface area contributed by atoms with Crippen LogP contribution in [0.5, 0.6) is 5.75 Å². The van der Waals surface area contributed by atoms with E-state index >= 15 is 0 Å². The van der Waals surface area contributed by atoms with Gasteiger partial charge < -0.3 is 32.5 Å². The first kappa shape index (κ1) is 45.2. The maximum Gasteiger partial charge on any atom is 2.00 e. The Kier molecular flexibility index (Phi) is 26.0. The van der Waals surface area contributed by atoms with Gasteiger partial charge in [-0.3, -0.25) is 17.2 Å². The van der Waals surface area contributed by atoms with Gasteiger partial charge in [-0.1, -0.05) is 73.3 Å². The maximum atomic E-state index is 11.7. The van der Waals surface area contributed by atoms with Crippen LogP contribution in [-0.4, -0.2) is 36.5 Å². The normalized spacial score (nSPS) is 9.79. The summed E-state index contributed by atoms with van der Waals surface area (Å²) in [5, 5.41) is 11.7. The van der Waals surface area contributed by atoms with E-state index < -0.39 is 5.97 Å². The van der Waals surface area contributed by atoms with Crippen molar-refractivity contribution in [3.05, 3.63) is 70.6 Å². The van der Waals surface area contributed by atoms with Crippen LogP contribution in [0.3, 0.4) is 0 Å². The van der Waals surface area contributed by atoms with Crippen LogP contribution in [0.25, 0.3) is 10.9 Å². The van der Waals surface area contributed by atoms with Crippen molar-refractivity contribution in [2.24, 2.45) is 7.05 Å². The molecule has 0 saturated heterocycles. The Labute approximate surface area is 283 Å². The monoisotopic (exact) mass is 1010 g/mol. The second-order valence-electron chi connectivity index (χ2n) is 7.79. The first-order chi connectivity index (χ1) is 16.0. The summed E-state index contributed by atoms with van der Waals surface area (Å²) in [6.45, 7) is 19.8. The van der Waals surface area contributed by atoms with Crippen LogP contribution >= 0.6 is 17.2 Å². The molecule has 2 aromatic carbocycles. The fraction of sp³-hybridized carbons (Fsp3) is 0.414. The van der Waals surface area contributed by atoms with E-state index in [2.05, 4.69) is 53.2 Å². The van der Waals surface area contributed by atoms with Crippen LogP contribution in [-0.2, 0) is 18.4 Å². The van der Waals surface area contributed by atoms with E-state index in [0.717, 1.165) is 25.0 Å². The summed E-state index contributed by atoms with van der Waals surface area (Å²) in [4.78, 5) is 11.7. The fourth-order valence-electron chi connectivity index (χ4n) is 3.61. The van der Waals surface area contributed by atoms with Crippen molar-refractivity contribution in [3.8, 4) is 5.75 Å². The van der Waals surface area contributed by atoms with Gasteiger partial charge in [0.2, 0.25) is 0 Å². The summed E-state index contributed by atoms with van der Waals surface area (Å²) in [7, 11) is 6.12. The zero-order valence-corrected chi connectivity index (χ0v) is 33.1. The number of hydrogen-bond acceptors (Lipinski definition) is 4. The minimum Gasteiger partial charge on any atom is -0.522 e. The molecule has 1 aromatic heterocycles. The van der Waals surface area contributed by atoms with Crippen molar-refractivity contribution in [3.63, 3.8) is 0 Å². The molecule has 9 heteroatoms. The summed E-state index contributed by atoms with van der Waals surface area (Å²) in [5.41, 5.74) is 8.00. The summed E-state index contributed by atoms with van der Waals surface area (Å²) < 4.78 is 11.7. The topological polar surface area (TPSA) is 60.7 Å². The first-order valence-corrected chi connectivity index (χ1v) is 13.7. The summed E-state index contributed by atoms with van der Waals surface area (Å²) in [6, 6.07) is 8.18. The number of hydrogen-bond donors (Lipinski definition) is 1. The fourth-order valence-corrected chi connectivity index (χ4v) is 4.52. The molecule has 208 valence electrons. The van der Waals surface area contributed by atoms with Gasteiger partial charge >= 0.3 is 68.2 Å². The van der Waals surface area contributed by atoms with E-state index in [0.29, 0.717) is 25.6 Å². The number of methoxy groups -OCH3 is 2. The van der Waals surface area contributed by atoms with Gasteiger partial charge in [0.05, 0.1) is 14.2 Å². The van der Waals surface area contributed by atoms with Crippen LogP contribution < -0.4 is 10.0 Å². The van der Waals surface area contributed by atoms with E-state index in [1.807, 2.05) is 13.6 Å². The van der Waals surface area contributed by atoms with Crippen LogP contribution in [0.1, 0.15) is 58.7 Å². The van der Waals surface area contributed by atoms with Gasteiger partial charge in [0.15, 0.2) is 0 Å². The maximum absolute atomic E-state index is 11.7. The van der Waals surface area contributed by atoms with Crippen molar-refractivity contribution >= 4 is 39.3 Å². The van der Waals surface area contributed by atoms with Gasteiger partial charge in [-0.2, -0.15) is 33.6 Å². The van der Waals surface area contributed by atoms with Crippen molar-refractivity contribution in [1.29, 1.82) is 0 Å². The third kappa shape index (κ3) is 10.9. The zero-order valence-electron chi connectivity index (χ0n) is 22.8. The van der Waals surface area contributed by atoms with Gasteiger partial charge in [0.25, 0.3) is 0 Å². The largest absolute Gasteiger partial charge is 2.00 e. The first-order valence-electron chi connectivity index (χ1n) is 10.8. The van der Waals surface area contributed by atoms with Crippen LogP contribution in [0.4, 0.5) is 0 Å². The molecule has 0 saturated carbocycles. The zero-order chi connectivity index (χ0) is 26.2. The third-order valence-electron chi connectivity index (χ3n) is 5.78. The van der Waals surface area contributed by atoms with Crippen LogP contribution in [0, 0.1) is 122 Å². The Balaban J connectivity index is -0.000000267. The number of carbonyl (C=O) groups excluding carboxylic acids is 1. The van der Waals surface area contributed by atoms with Crippen LogP contribution in [0.2, 0.25) is 0 Å². The molecule has 3 aromatic rings. The molecule has 0 aliphatic heterocycles. The average molecular weight is 1010 g/mol. The van der Waals surface area contributed by atoms with E-state index in [1.165, 1.54) is 41.8 Å². The Morgan fingerprint density at radius 3 is 1.84 bits per heavy atom. The molecule has 38 heavy (non-hydrogen) atoms. The number of fused-ring (bicyclic) bond motifs is 1. The number of esters is 1. The molecule has 1 N–H and O–H groups in total. The number of nitrogens with zero attached hydrogens (tertiary/aromatic N) is 1. The Hall–Kier alpha value is 0.174.